The Morgan fingerprint density at radius 2 is 1.67 bits per heavy atom. The van der Waals surface area contributed by atoms with Crippen LogP contribution < -0.4 is 10.1 Å². The Balaban J connectivity index is 1.48. The molecule has 208 valence electrons. The predicted octanol–water partition coefficient (Wildman–Crippen LogP) is 3.86. The van der Waals surface area contributed by atoms with Gasteiger partial charge in [0.1, 0.15) is 29.3 Å². The standard InChI is InChI=1S/C25H28F3N7O4/c1-24(2,36)14-35-15-32-19-10-18(25(26,27)28)21(34-22(19)35)33-20-5-4-16(11-29-20)17-12-30-23(31-13-17)39-9-8-38-7-6-37-3/h4-5,10-13,15,36H,6-9,14H2,1-3H3,(H,29,33,34). The van der Waals surface area contributed by atoms with Crippen LogP contribution >= 0.6 is 0 Å². The number of hydrogen-bond acceptors (Lipinski definition) is 10. The fourth-order valence-corrected chi connectivity index (χ4v) is 3.57. The number of alkyl halides is 3. The van der Waals surface area contributed by atoms with Crippen LogP contribution in [0.4, 0.5) is 24.8 Å². The largest absolute Gasteiger partial charge is 0.461 e. The van der Waals surface area contributed by atoms with Gasteiger partial charge >= 0.3 is 12.2 Å². The maximum atomic E-state index is 13.8. The van der Waals surface area contributed by atoms with Crippen molar-refractivity contribution in [2.45, 2.75) is 32.2 Å². The fraction of sp³-hybridized carbons (Fsp3) is 0.400. The Morgan fingerprint density at radius 1 is 0.949 bits per heavy atom. The summed E-state index contributed by atoms with van der Waals surface area (Å²) in [5.41, 5.74) is -0.545. The summed E-state index contributed by atoms with van der Waals surface area (Å²) >= 11 is 0. The molecule has 39 heavy (non-hydrogen) atoms. The maximum absolute atomic E-state index is 13.8. The summed E-state index contributed by atoms with van der Waals surface area (Å²) in [4.78, 5) is 20.8. The molecule has 0 saturated carbocycles. The van der Waals surface area contributed by atoms with E-state index in [2.05, 4.69) is 30.2 Å². The first-order valence-electron chi connectivity index (χ1n) is 11.9. The maximum Gasteiger partial charge on any atom is 0.420 e. The molecule has 0 radical (unpaired) electrons. The van der Waals surface area contributed by atoms with Crippen LogP contribution in [-0.4, -0.2) is 73.7 Å². The van der Waals surface area contributed by atoms with E-state index in [4.69, 9.17) is 14.2 Å². The molecule has 0 saturated heterocycles. The Hall–Kier alpha value is -3.88. The van der Waals surface area contributed by atoms with Gasteiger partial charge in [-0.3, -0.25) is 0 Å². The van der Waals surface area contributed by atoms with E-state index >= 15 is 0 Å². The summed E-state index contributed by atoms with van der Waals surface area (Å²) in [6.07, 6.45) is 1.26. The first kappa shape index (κ1) is 28.1. The topological polar surface area (TPSA) is 129 Å². The second-order valence-corrected chi connectivity index (χ2v) is 9.17. The van der Waals surface area contributed by atoms with Gasteiger partial charge in [-0.1, -0.05) is 0 Å². The Bertz CT molecular complexity index is 1370. The third-order valence-electron chi connectivity index (χ3n) is 5.32. The van der Waals surface area contributed by atoms with E-state index in [1.54, 1.807) is 39.4 Å². The van der Waals surface area contributed by atoms with Crippen LogP contribution in [0, 0.1) is 0 Å². The van der Waals surface area contributed by atoms with Crippen LogP contribution in [0.15, 0.2) is 43.1 Å². The molecule has 0 aliphatic carbocycles. The highest BCUT2D eigenvalue weighted by molar-refractivity contribution is 5.77. The lowest BCUT2D eigenvalue weighted by molar-refractivity contribution is -0.137. The molecular weight excluding hydrogens is 519 g/mol. The highest BCUT2D eigenvalue weighted by Gasteiger charge is 2.36. The van der Waals surface area contributed by atoms with E-state index < -0.39 is 23.2 Å². The smallest absolute Gasteiger partial charge is 0.420 e. The van der Waals surface area contributed by atoms with Gasteiger partial charge in [-0.05, 0) is 32.0 Å². The van der Waals surface area contributed by atoms with Crippen LogP contribution in [0.3, 0.4) is 0 Å². The SMILES string of the molecule is COCCOCCOc1ncc(-c2ccc(Nc3nc4c(cc3C(F)(F)F)ncn4CC(C)(C)O)nc2)cn1. The van der Waals surface area contributed by atoms with Crippen molar-refractivity contribution >= 4 is 22.8 Å². The molecule has 0 atom stereocenters. The zero-order valence-electron chi connectivity index (χ0n) is 21.6. The molecule has 0 aliphatic rings. The van der Waals surface area contributed by atoms with Crippen molar-refractivity contribution in [3.8, 4) is 17.1 Å². The van der Waals surface area contributed by atoms with Crippen LogP contribution in [0.2, 0.25) is 0 Å². The molecule has 4 rings (SSSR count). The van der Waals surface area contributed by atoms with E-state index in [1.807, 2.05) is 0 Å². The molecule has 0 aliphatic heterocycles. The molecule has 4 heterocycles. The van der Waals surface area contributed by atoms with Crippen molar-refractivity contribution < 1.29 is 32.5 Å². The fourth-order valence-electron chi connectivity index (χ4n) is 3.57. The van der Waals surface area contributed by atoms with Crippen molar-refractivity contribution in [2.24, 2.45) is 0 Å². The highest BCUT2D eigenvalue weighted by Crippen LogP contribution is 2.37. The lowest BCUT2D eigenvalue weighted by Crippen LogP contribution is -2.25. The van der Waals surface area contributed by atoms with E-state index in [9.17, 15) is 18.3 Å². The van der Waals surface area contributed by atoms with Crippen LogP contribution in [-0.2, 0) is 22.2 Å². The average Bonchev–Trinajstić information content (AvgIpc) is 3.26. The summed E-state index contributed by atoms with van der Waals surface area (Å²) in [7, 11) is 1.59. The normalized spacial score (nSPS) is 12.2. The van der Waals surface area contributed by atoms with Crippen LogP contribution in [0.25, 0.3) is 22.3 Å². The Labute approximate surface area is 222 Å². The minimum absolute atomic E-state index is 0.0616. The molecule has 11 nitrogen and oxygen atoms in total. The van der Waals surface area contributed by atoms with Gasteiger partial charge in [0.2, 0.25) is 0 Å². The summed E-state index contributed by atoms with van der Waals surface area (Å²) in [6.45, 7) is 4.88. The summed E-state index contributed by atoms with van der Waals surface area (Å²) in [6, 6.07) is 4.30. The first-order valence-corrected chi connectivity index (χ1v) is 11.9. The number of hydrogen-bond donors (Lipinski definition) is 2. The second kappa shape index (κ2) is 11.9. The monoisotopic (exact) mass is 547 g/mol. The highest BCUT2D eigenvalue weighted by atomic mass is 19.4. The molecular formula is C25H28F3N7O4. The number of rotatable bonds is 12. The van der Waals surface area contributed by atoms with Gasteiger partial charge in [0, 0.05) is 36.8 Å². The summed E-state index contributed by atoms with van der Waals surface area (Å²) in [5, 5.41) is 12.8. The number of halogens is 3. The molecule has 4 aromatic heterocycles. The number of methoxy groups -OCH3 is 1. The molecule has 0 fully saturated rings. The van der Waals surface area contributed by atoms with Crippen molar-refractivity contribution in [3.63, 3.8) is 0 Å². The Morgan fingerprint density at radius 3 is 2.31 bits per heavy atom. The quantitative estimate of drug-likeness (QED) is 0.252. The van der Waals surface area contributed by atoms with Crippen molar-refractivity contribution in [2.75, 3.05) is 38.9 Å². The third-order valence-corrected chi connectivity index (χ3v) is 5.32. The predicted molar refractivity (Wildman–Crippen MR) is 136 cm³/mol. The number of nitrogens with one attached hydrogen (secondary N) is 1. The number of nitrogens with zero attached hydrogens (tertiary/aromatic N) is 6. The van der Waals surface area contributed by atoms with E-state index in [-0.39, 0.29) is 36.1 Å². The van der Waals surface area contributed by atoms with E-state index in [0.29, 0.717) is 30.9 Å². The van der Waals surface area contributed by atoms with Gasteiger partial charge in [-0.2, -0.15) is 13.2 Å². The minimum atomic E-state index is -4.68. The van der Waals surface area contributed by atoms with E-state index in [0.717, 1.165) is 6.07 Å². The first-order chi connectivity index (χ1) is 18.5. The number of aromatic nitrogens is 6. The molecule has 0 spiro atoms. The van der Waals surface area contributed by atoms with Gasteiger partial charge in [-0.25, -0.2) is 24.9 Å². The van der Waals surface area contributed by atoms with Gasteiger partial charge in [0.25, 0.3) is 0 Å². The van der Waals surface area contributed by atoms with Gasteiger partial charge in [0.05, 0.1) is 38.3 Å². The number of fused-ring (bicyclic) bond motifs is 1. The van der Waals surface area contributed by atoms with Crippen LogP contribution in [0.1, 0.15) is 19.4 Å². The van der Waals surface area contributed by atoms with E-state index in [1.165, 1.54) is 23.2 Å². The minimum Gasteiger partial charge on any atom is -0.461 e. The lowest BCUT2D eigenvalue weighted by atomic mass is 10.1. The molecule has 14 heteroatoms. The number of pyridine rings is 2. The number of ether oxygens (including phenoxy) is 3. The lowest BCUT2D eigenvalue weighted by Gasteiger charge is -2.18. The molecule has 0 amide bonds. The summed E-state index contributed by atoms with van der Waals surface area (Å²) < 4.78 is 58.6. The zero-order valence-corrected chi connectivity index (χ0v) is 21.6. The van der Waals surface area contributed by atoms with Crippen molar-refractivity contribution in [1.82, 2.24) is 29.5 Å². The third kappa shape index (κ3) is 7.59. The number of anilines is 2. The Kier molecular flexibility index (Phi) is 8.57. The number of imidazole rings is 1. The molecule has 2 N–H and O–H groups in total. The van der Waals surface area contributed by atoms with Crippen molar-refractivity contribution in [1.29, 1.82) is 0 Å². The second-order valence-electron chi connectivity index (χ2n) is 9.17. The molecule has 4 aromatic rings. The summed E-state index contributed by atoms with van der Waals surface area (Å²) in [5.74, 6) is -0.275. The molecule has 0 unspecified atom stereocenters. The van der Waals surface area contributed by atoms with Gasteiger partial charge in [-0.15, -0.1) is 0 Å². The number of aliphatic hydroxyl groups is 1. The van der Waals surface area contributed by atoms with Crippen molar-refractivity contribution in [3.05, 3.63) is 48.7 Å². The molecule has 0 aromatic carbocycles. The molecule has 0 bridgehead atoms. The average molecular weight is 548 g/mol. The van der Waals surface area contributed by atoms with Gasteiger partial charge < -0.3 is 29.2 Å². The zero-order chi connectivity index (χ0) is 28.0. The van der Waals surface area contributed by atoms with Crippen LogP contribution in [0.5, 0.6) is 6.01 Å². The van der Waals surface area contributed by atoms with Gasteiger partial charge in [0.15, 0.2) is 5.65 Å².